The van der Waals surface area contributed by atoms with Crippen LogP contribution in [0.1, 0.15) is 5.89 Å². The summed E-state index contributed by atoms with van der Waals surface area (Å²) in [4.78, 5) is 6.35. The molecule has 0 aliphatic carbocycles. The minimum absolute atomic E-state index is 0.0625. The summed E-state index contributed by atoms with van der Waals surface area (Å²) in [5.41, 5.74) is 1.83. The Bertz CT molecular complexity index is 758. The number of benzene rings is 2. The monoisotopic (exact) mass is 328 g/mol. The molecule has 0 amide bonds. The Labute approximate surface area is 140 Å². The Kier molecular flexibility index (Phi) is 4.95. The van der Waals surface area contributed by atoms with Crippen molar-refractivity contribution in [2.75, 3.05) is 18.1 Å². The van der Waals surface area contributed by atoms with E-state index in [1.807, 2.05) is 59.5 Å². The molecule has 2 aromatic carbocycles. The maximum absolute atomic E-state index is 9.29. The second kappa shape index (κ2) is 7.31. The molecular formula is C18H17ClN2O2. The lowest BCUT2D eigenvalue weighted by Gasteiger charge is -2.22. The molecular weight excluding hydrogens is 312 g/mol. The van der Waals surface area contributed by atoms with E-state index in [9.17, 15) is 5.11 Å². The van der Waals surface area contributed by atoms with Crippen LogP contribution in [0.3, 0.4) is 0 Å². The molecule has 1 heterocycles. The Balaban J connectivity index is 1.81. The molecule has 1 aromatic heterocycles. The molecule has 0 unspecified atom stereocenters. The minimum atomic E-state index is 0.0625. The summed E-state index contributed by atoms with van der Waals surface area (Å²) < 4.78 is 5.83. The summed E-state index contributed by atoms with van der Waals surface area (Å²) in [7, 11) is 0. The molecule has 0 fully saturated rings. The van der Waals surface area contributed by atoms with Crippen LogP contribution in [0.2, 0.25) is 5.02 Å². The Morgan fingerprint density at radius 3 is 2.52 bits per heavy atom. The number of aliphatic hydroxyl groups is 1. The van der Waals surface area contributed by atoms with Crippen LogP contribution in [0.25, 0.3) is 11.3 Å². The largest absolute Gasteiger partial charge is 0.439 e. The molecule has 3 rings (SSSR count). The van der Waals surface area contributed by atoms with Crippen molar-refractivity contribution in [2.24, 2.45) is 0 Å². The van der Waals surface area contributed by atoms with Crippen molar-refractivity contribution in [2.45, 2.75) is 6.54 Å². The lowest BCUT2D eigenvalue weighted by atomic mass is 10.2. The fourth-order valence-electron chi connectivity index (χ4n) is 2.39. The van der Waals surface area contributed by atoms with Gasteiger partial charge in [0.1, 0.15) is 0 Å². The van der Waals surface area contributed by atoms with Crippen LogP contribution in [-0.4, -0.2) is 23.2 Å². The van der Waals surface area contributed by atoms with Gasteiger partial charge in [-0.1, -0.05) is 41.9 Å². The van der Waals surface area contributed by atoms with Crippen molar-refractivity contribution in [1.29, 1.82) is 0 Å². The summed E-state index contributed by atoms with van der Waals surface area (Å²) in [6.45, 7) is 1.05. The van der Waals surface area contributed by atoms with Crippen LogP contribution in [0.5, 0.6) is 0 Å². The number of oxazole rings is 1. The first kappa shape index (κ1) is 15.6. The van der Waals surface area contributed by atoms with Gasteiger partial charge in [-0.05, 0) is 24.3 Å². The van der Waals surface area contributed by atoms with Gasteiger partial charge >= 0.3 is 0 Å². The molecule has 4 nitrogen and oxygen atoms in total. The van der Waals surface area contributed by atoms with E-state index < -0.39 is 0 Å². The maximum atomic E-state index is 9.29. The molecule has 0 atom stereocenters. The molecule has 0 saturated heterocycles. The molecule has 0 aliphatic rings. The molecule has 1 N–H and O–H groups in total. The third-order valence-corrected chi connectivity index (χ3v) is 3.84. The fourth-order valence-corrected chi connectivity index (χ4v) is 2.62. The number of nitrogens with zero attached hydrogens (tertiary/aromatic N) is 2. The number of aromatic nitrogens is 1. The molecule has 0 bridgehead atoms. The summed E-state index contributed by atoms with van der Waals surface area (Å²) in [6, 6.07) is 17.4. The van der Waals surface area contributed by atoms with E-state index in [0.29, 0.717) is 29.8 Å². The number of hydrogen-bond acceptors (Lipinski definition) is 4. The van der Waals surface area contributed by atoms with E-state index in [4.69, 9.17) is 16.0 Å². The van der Waals surface area contributed by atoms with Crippen LogP contribution < -0.4 is 4.90 Å². The van der Waals surface area contributed by atoms with Crippen LogP contribution >= 0.6 is 11.6 Å². The lowest BCUT2D eigenvalue weighted by molar-refractivity contribution is 0.300. The lowest BCUT2D eigenvalue weighted by Crippen LogP contribution is -2.26. The number of para-hydroxylation sites is 1. The van der Waals surface area contributed by atoms with Crippen molar-refractivity contribution in [3.63, 3.8) is 0 Å². The Morgan fingerprint density at radius 1 is 1.04 bits per heavy atom. The molecule has 118 valence electrons. The SMILES string of the molecule is OCCN(Cc1ncc(-c2ccccc2Cl)o1)c1ccccc1. The number of halogens is 1. The van der Waals surface area contributed by atoms with E-state index in [-0.39, 0.29) is 6.61 Å². The molecule has 0 aliphatic heterocycles. The molecule has 5 heteroatoms. The smallest absolute Gasteiger partial charge is 0.214 e. The van der Waals surface area contributed by atoms with E-state index in [1.165, 1.54) is 0 Å². The van der Waals surface area contributed by atoms with Gasteiger partial charge in [-0.2, -0.15) is 0 Å². The number of hydrogen-bond donors (Lipinski definition) is 1. The Morgan fingerprint density at radius 2 is 1.78 bits per heavy atom. The first-order valence-electron chi connectivity index (χ1n) is 7.38. The normalized spacial score (nSPS) is 10.7. The summed E-state index contributed by atoms with van der Waals surface area (Å²) in [5, 5.41) is 9.92. The third kappa shape index (κ3) is 3.73. The van der Waals surface area contributed by atoms with Crippen molar-refractivity contribution >= 4 is 17.3 Å². The third-order valence-electron chi connectivity index (χ3n) is 3.51. The van der Waals surface area contributed by atoms with Crippen molar-refractivity contribution in [3.8, 4) is 11.3 Å². The summed E-state index contributed by atoms with van der Waals surface area (Å²) >= 11 is 6.19. The van der Waals surface area contributed by atoms with Crippen molar-refractivity contribution in [1.82, 2.24) is 4.98 Å². The van der Waals surface area contributed by atoms with Gasteiger partial charge in [0.2, 0.25) is 5.89 Å². The van der Waals surface area contributed by atoms with E-state index in [2.05, 4.69) is 4.98 Å². The number of rotatable bonds is 6. The van der Waals surface area contributed by atoms with Gasteiger partial charge < -0.3 is 14.4 Å². The van der Waals surface area contributed by atoms with Gasteiger partial charge in [0.25, 0.3) is 0 Å². The zero-order chi connectivity index (χ0) is 16.1. The van der Waals surface area contributed by atoms with Gasteiger partial charge in [-0.25, -0.2) is 4.98 Å². The fraction of sp³-hybridized carbons (Fsp3) is 0.167. The molecule has 23 heavy (non-hydrogen) atoms. The van der Waals surface area contributed by atoms with Gasteiger partial charge in [-0.15, -0.1) is 0 Å². The molecule has 0 radical (unpaired) electrons. The highest BCUT2D eigenvalue weighted by atomic mass is 35.5. The van der Waals surface area contributed by atoms with Gasteiger partial charge in [0.15, 0.2) is 5.76 Å². The van der Waals surface area contributed by atoms with E-state index >= 15 is 0 Å². The summed E-state index contributed by atoms with van der Waals surface area (Å²) in [6.07, 6.45) is 1.68. The highest BCUT2D eigenvalue weighted by molar-refractivity contribution is 6.33. The van der Waals surface area contributed by atoms with Crippen LogP contribution in [0.4, 0.5) is 5.69 Å². The second-order valence-electron chi connectivity index (χ2n) is 5.08. The first-order chi connectivity index (χ1) is 11.3. The average molecular weight is 329 g/mol. The van der Waals surface area contributed by atoms with Gasteiger partial charge in [0, 0.05) is 17.8 Å². The highest BCUT2D eigenvalue weighted by Gasteiger charge is 2.13. The summed E-state index contributed by atoms with van der Waals surface area (Å²) in [5.74, 6) is 1.22. The standard InChI is InChI=1S/C18H17ClN2O2/c19-16-9-5-4-8-15(16)17-12-20-18(23-17)13-21(10-11-22)14-6-2-1-3-7-14/h1-9,12,22H,10-11,13H2. The van der Waals surface area contributed by atoms with Gasteiger partial charge in [0.05, 0.1) is 24.4 Å². The van der Waals surface area contributed by atoms with Gasteiger partial charge in [-0.3, -0.25) is 0 Å². The van der Waals surface area contributed by atoms with E-state index in [1.54, 1.807) is 6.20 Å². The first-order valence-corrected chi connectivity index (χ1v) is 7.76. The number of aliphatic hydroxyl groups excluding tert-OH is 1. The zero-order valence-corrected chi connectivity index (χ0v) is 13.3. The van der Waals surface area contributed by atoms with Crippen LogP contribution in [0.15, 0.2) is 65.2 Å². The predicted molar refractivity (Wildman–Crippen MR) is 91.5 cm³/mol. The predicted octanol–water partition coefficient (Wildman–Crippen LogP) is 3.99. The van der Waals surface area contributed by atoms with E-state index in [0.717, 1.165) is 11.3 Å². The average Bonchev–Trinajstić information content (AvgIpc) is 3.04. The molecule has 0 spiro atoms. The van der Waals surface area contributed by atoms with Crippen molar-refractivity contribution in [3.05, 3.63) is 71.7 Å². The molecule has 3 aromatic rings. The van der Waals surface area contributed by atoms with Crippen LogP contribution in [-0.2, 0) is 6.54 Å². The minimum Gasteiger partial charge on any atom is -0.439 e. The second-order valence-corrected chi connectivity index (χ2v) is 5.49. The number of anilines is 1. The van der Waals surface area contributed by atoms with Crippen molar-refractivity contribution < 1.29 is 9.52 Å². The zero-order valence-electron chi connectivity index (χ0n) is 12.5. The quantitative estimate of drug-likeness (QED) is 0.743. The maximum Gasteiger partial charge on any atom is 0.214 e. The molecule has 0 saturated carbocycles. The van der Waals surface area contributed by atoms with Crippen LogP contribution in [0, 0.1) is 0 Å². The Hall–Kier alpha value is -2.30. The topological polar surface area (TPSA) is 49.5 Å². The highest BCUT2D eigenvalue weighted by Crippen LogP contribution is 2.28.